The molecule has 1 atom stereocenters. The van der Waals surface area contributed by atoms with Crippen LogP contribution in [0.1, 0.15) is 5.69 Å². The van der Waals surface area contributed by atoms with Gasteiger partial charge in [0, 0.05) is 40.9 Å². The van der Waals surface area contributed by atoms with Crippen LogP contribution >= 0.6 is 11.6 Å². The van der Waals surface area contributed by atoms with Gasteiger partial charge in [-0.2, -0.15) is 0 Å². The first-order chi connectivity index (χ1) is 14.6. The summed E-state index contributed by atoms with van der Waals surface area (Å²) in [6.07, 6.45) is 4.53. The van der Waals surface area contributed by atoms with Crippen molar-refractivity contribution < 1.29 is 4.79 Å². The summed E-state index contributed by atoms with van der Waals surface area (Å²) in [5.74, 6) is 0.109. The Balaban J connectivity index is 1.72. The third-order valence-corrected chi connectivity index (χ3v) is 5.49. The average Bonchev–Trinajstić information content (AvgIpc) is 3.23. The van der Waals surface area contributed by atoms with Gasteiger partial charge >= 0.3 is 0 Å². The highest BCUT2D eigenvalue weighted by Crippen LogP contribution is 2.44. The first-order valence-corrected chi connectivity index (χ1v) is 9.76. The molecule has 0 bridgehead atoms. The molecule has 30 heavy (non-hydrogen) atoms. The minimum absolute atomic E-state index is 0.283. The Kier molecular flexibility index (Phi) is 4.25. The lowest BCUT2D eigenvalue weighted by atomic mass is 9.98. The van der Waals surface area contributed by atoms with Crippen LogP contribution in [0.4, 0.5) is 5.82 Å². The molecule has 8 heteroatoms. The van der Waals surface area contributed by atoms with E-state index in [-0.39, 0.29) is 11.9 Å². The predicted octanol–water partition coefficient (Wildman–Crippen LogP) is 3.49. The number of nitrogens with one attached hydrogen (secondary N) is 1. The molecule has 0 fully saturated rings. The number of nitrogen functional groups attached to an aromatic ring is 1. The molecule has 0 saturated heterocycles. The molecule has 0 saturated carbocycles. The van der Waals surface area contributed by atoms with Crippen molar-refractivity contribution in [3.8, 4) is 11.1 Å². The topological polar surface area (TPSA) is 98.7 Å². The second-order valence-corrected chi connectivity index (χ2v) is 7.34. The molecular weight excluding hydrogens is 400 g/mol. The van der Waals surface area contributed by atoms with E-state index in [0.717, 1.165) is 38.7 Å². The van der Waals surface area contributed by atoms with E-state index >= 15 is 0 Å². The predicted molar refractivity (Wildman–Crippen MR) is 119 cm³/mol. The average molecular weight is 417 g/mol. The Morgan fingerprint density at radius 1 is 1.30 bits per heavy atom. The van der Waals surface area contributed by atoms with Gasteiger partial charge in [-0.15, -0.1) is 0 Å². The van der Waals surface area contributed by atoms with Gasteiger partial charge in [-0.25, -0.2) is 9.97 Å². The Bertz CT molecular complexity index is 1370. The van der Waals surface area contributed by atoms with Gasteiger partial charge in [0.15, 0.2) is 0 Å². The van der Waals surface area contributed by atoms with Crippen LogP contribution in [-0.2, 0) is 11.3 Å². The quantitative estimate of drug-likeness (QED) is 0.498. The maximum absolute atomic E-state index is 12.0. The monoisotopic (exact) mass is 416 g/mol. The Morgan fingerprint density at radius 2 is 2.13 bits per heavy atom. The van der Waals surface area contributed by atoms with E-state index in [0.29, 0.717) is 18.0 Å². The number of hydrogen-bond acceptors (Lipinski definition) is 5. The molecule has 1 aliphatic rings. The Morgan fingerprint density at radius 3 is 2.97 bits per heavy atom. The zero-order valence-electron chi connectivity index (χ0n) is 15.8. The summed E-state index contributed by atoms with van der Waals surface area (Å²) in [6.45, 7) is 4.75. The number of benzene rings is 1. The van der Waals surface area contributed by atoms with E-state index in [1.54, 1.807) is 0 Å². The smallest absolute Gasteiger partial charge is 0.245 e. The lowest BCUT2D eigenvalue weighted by Crippen LogP contribution is -2.34. The van der Waals surface area contributed by atoms with E-state index in [2.05, 4.69) is 32.9 Å². The van der Waals surface area contributed by atoms with Crippen molar-refractivity contribution in [2.24, 2.45) is 0 Å². The third-order valence-electron chi connectivity index (χ3n) is 5.37. The number of carbonyl (C=O) groups is 1. The zero-order valence-corrected chi connectivity index (χ0v) is 16.6. The van der Waals surface area contributed by atoms with Crippen LogP contribution in [0.25, 0.3) is 38.6 Å². The number of nitrogens with two attached hydrogens (primary N) is 1. The molecule has 1 aromatic carbocycles. The largest absolute Gasteiger partial charge is 0.383 e. The van der Waals surface area contributed by atoms with Crippen molar-refractivity contribution in [2.75, 3.05) is 5.73 Å². The molecule has 5 rings (SSSR count). The van der Waals surface area contributed by atoms with Gasteiger partial charge in [0.05, 0.1) is 22.6 Å². The van der Waals surface area contributed by atoms with Crippen molar-refractivity contribution in [1.29, 1.82) is 0 Å². The number of para-hydroxylation sites is 1. The number of aromatic nitrogens is 4. The fraction of sp³-hybridized carbons (Fsp3) is 0.0909. The second kappa shape index (κ2) is 6.96. The summed E-state index contributed by atoms with van der Waals surface area (Å²) in [6, 6.07) is 9.70. The summed E-state index contributed by atoms with van der Waals surface area (Å²) in [5, 5.41) is 4.70. The molecule has 1 amide bonds. The maximum Gasteiger partial charge on any atom is 0.245 e. The van der Waals surface area contributed by atoms with Crippen LogP contribution in [0.15, 0.2) is 61.0 Å². The first-order valence-electron chi connectivity index (χ1n) is 9.32. The Labute approximate surface area is 176 Å². The zero-order chi connectivity index (χ0) is 20.8. The molecule has 4 heterocycles. The van der Waals surface area contributed by atoms with Crippen LogP contribution < -0.4 is 11.1 Å². The number of pyridine rings is 1. The fourth-order valence-corrected chi connectivity index (χ4v) is 4.18. The van der Waals surface area contributed by atoms with Crippen LogP contribution in [-0.4, -0.2) is 31.5 Å². The number of fused-ring (bicyclic) bond motifs is 4. The number of hydrogen-bond donors (Lipinski definition) is 2. The molecule has 1 aliphatic heterocycles. The van der Waals surface area contributed by atoms with Gasteiger partial charge in [0.2, 0.25) is 5.91 Å². The van der Waals surface area contributed by atoms with E-state index in [4.69, 9.17) is 17.3 Å². The van der Waals surface area contributed by atoms with Crippen LogP contribution in [0.5, 0.6) is 0 Å². The minimum atomic E-state index is -0.284. The standard InChI is InChI=1S/C22H17ClN6O/c1-12-16(28-17(30)6-7-23)10-29-20(12)18(19-21(24)26-11-27-22(19)29)14-8-13-4-2-3-5-15(13)25-9-14/h2-9,11,16H,1,10H2,(H,28,30)(H2,24,26,27)/t16-/m1/s1. The molecule has 0 aliphatic carbocycles. The number of anilines is 1. The lowest BCUT2D eigenvalue weighted by Gasteiger charge is -2.13. The fourth-order valence-electron chi connectivity index (χ4n) is 4.06. The summed E-state index contributed by atoms with van der Waals surface area (Å²) < 4.78 is 2.02. The van der Waals surface area contributed by atoms with Crippen molar-refractivity contribution in [3.05, 3.63) is 66.7 Å². The van der Waals surface area contributed by atoms with Crippen molar-refractivity contribution in [2.45, 2.75) is 12.6 Å². The second-order valence-electron chi connectivity index (χ2n) is 7.09. The van der Waals surface area contributed by atoms with E-state index in [1.165, 1.54) is 17.9 Å². The van der Waals surface area contributed by atoms with E-state index in [1.807, 2.05) is 35.0 Å². The molecule has 3 aromatic heterocycles. The van der Waals surface area contributed by atoms with Crippen molar-refractivity contribution >= 4 is 50.8 Å². The van der Waals surface area contributed by atoms with E-state index in [9.17, 15) is 4.79 Å². The van der Waals surface area contributed by atoms with Gasteiger partial charge < -0.3 is 15.6 Å². The normalized spacial score (nSPS) is 15.9. The van der Waals surface area contributed by atoms with Gasteiger partial charge in [-0.1, -0.05) is 36.4 Å². The van der Waals surface area contributed by atoms with Gasteiger partial charge in [-0.3, -0.25) is 9.78 Å². The SMILES string of the molecule is C=C1c2c(-c3cnc4ccccc4c3)c3c(N)ncnc3n2C[C@H]1NC(=O)C=CCl. The van der Waals surface area contributed by atoms with Crippen molar-refractivity contribution in [3.63, 3.8) is 0 Å². The molecule has 4 aromatic rings. The van der Waals surface area contributed by atoms with Gasteiger partial charge in [0.1, 0.15) is 17.8 Å². The third kappa shape index (κ3) is 2.74. The molecule has 3 N–H and O–H groups in total. The highest BCUT2D eigenvalue weighted by Gasteiger charge is 2.34. The summed E-state index contributed by atoms with van der Waals surface area (Å²) >= 11 is 5.53. The van der Waals surface area contributed by atoms with Gasteiger partial charge in [-0.05, 0) is 17.7 Å². The van der Waals surface area contributed by atoms with Crippen LogP contribution in [0, 0.1) is 0 Å². The Hall–Kier alpha value is -3.71. The molecule has 0 spiro atoms. The first kappa shape index (κ1) is 18.3. The number of amides is 1. The molecule has 148 valence electrons. The summed E-state index contributed by atoms with van der Waals surface area (Å²) in [4.78, 5) is 25.3. The number of carbonyl (C=O) groups excluding carboxylic acids is 1. The van der Waals surface area contributed by atoms with E-state index < -0.39 is 0 Å². The highest BCUT2D eigenvalue weighted by atomic mass is 35.5. The van der Waals surface area contributed by atoms with Crippen molar-refractivity contribution in [1.82, 2.24) is 24.8 Å². The van der Waals surface area contributed by atoms with Crippen LogP contribution in [0.3, 0.4) is 0 Å². The molecule has 0 unspecified atom stereocenters. The maximum atomic E-state index is 12.0. The molecule has 7 nitrogen and oxygen atoms in total. The number of nitrogens with zero attached hydrogens (tertiary/aromatic N) is 4. The summed E-state index contributed by atoms with van der Waals surface area (Å²) in [5.41, 5.74) is 12.5. The summed E-state index contributed by atoms with van der Waals surface area (Å²) in [7, 11) is 0. The van der Waals surface area contributed by atoms with Crippen LogP contribution in [0.2, 0.25) is 0 Å². The van der Waals surface area contributed by atoms with Gasteiger partial charge in [0.25, 0.3) is 0 Å². The minimum Gasteiger partial charge on any atom is -0.383 e. The molecular formula is C22H17ClN6O. The number of rotatable bonds is 3. The number of halogens is 1. The lowest BCUT2D eigenvalue weighted by molar-refractivity contribution is -0.116. The highest BCUT2D eigenvalue weighted by molar-refractivity contribution is 6.26. The molecule has 0 radical (unpaired) electrons.